The van der Waals surface area contributed by atoms with Gasteiger partial charge in [-0.1, -0.05) is 12.1 Å². The molecule has 0 aromatic heterocycles. The van der Waals surface area contributed by atoms with Gasteiger partial charge in [0.1, 0.15) is 6.73 Å². The molecule has 1 rings (SSSR count). The standard InChI is InChI=1S/C12H17NO2/c1-4-15-9-13(11(3)14)12-7-5-6-10(2)8-12/h5-8H,4,9H2,1-3H3. The van der Waals surface area contributed by atoms with Gasteiger partial charge in [-0.05, 0) is 31.5 Å². The lowest BCUT2D eigenvalue weighted by Gasteiger charge is -2.20. The Hall–Kier alpha value is -1.35. The fraction of sp³-hybridized carbons (Fsp3) is 0.417. The van der Waals surface area contributed by atoms with E-state index in [0.717, 1.165) is 11.3 Å². The first-order valence-electron chi connectivity index (χ1n) is 5.07. The van der Waals surface area contributed by atoms with Crippen molar-refractivity contribution in [3.05, 3.63) is 29.8 Å². The molecule has 0 radical (unpaired) electrons. The minimum atomic E-state index is -0.00551. The quantitative estimate of drug-likeness (QED) is 0.709. The van der Waals surface area contributed by atoms with E-state index >= 15 is 0 Å². The first-order valence-corrected chi connectivity index (χ1v) is 5.07. The van der Waals surface area contributed by atoms with Gasteiger partial charge in [-0.3, -0.25) is 9.69 Å². The van der Waals surface area contributed by atoms with E-state index in [1.165, 1.54) is 0 Å². The zero-order chi connectivity index (χ0) is 11.3. The normalized spacial score (nSPS) is 10.1. The number of amides is 1. The molecule has 0 saturated heterocycles. The van der Waals surface area contributed by atoms with Crippen LogP contribution in [0.2, 0.25) is 0 Å². The molecule has 1 aromatic rings. The van der Waals surface area contributed by atoms with E-state index in [4.69, 9.17) is 4.74 Å². The second kappa shape index (κ2) is 5.51. The van der Waals surface area contributed by atoms with E-state index in [2.05, 4.69) is 0 Å². The zero-order valence-electron chi connectivity index (χ0n) is 9.49. The minimum absolute atomic E-state index is 0.00551. The lowest BCUT2D eigenvalue weighted by molar-refractivity contribution is -0.117. The van der Waals surface area contributed by atoms with E-state index in [0.29, 0.717) is 13.3 Å². The molecular formula is C12H17NO2. The van der Waals surface area contributed by atoms with Crippen LogP contribution in [0.5, 0.6) is 0 Å². The lowest BCUT2D eigenvalue weighted by atomic mass is 10.2. The van der Waals surface area contributed by atoms with Crippen LogP contribution < -0.4 is 4.90 Å². The summed E-state index contributed by atoms with van der Waals surface area (Å²) < 4.78 is 5.26. The summed E-state index contributed by atoms with van der Waals surface area (Å²) >= 11 is 0. The van der Waals surface area contributed by atoms with Crippen molar-refractivity contribution in [3.63, 3.8) is 0 Å². The third-order valence-electron chi connectivity index (χ3n) is 2.12. The molecule has 0 spiro atoms. The summed E-state index contributed by atoms with van der Waals surface area (Å²) in [6, 6.07) is 7.82. The molecule has 1 amide bonds. The highest BCUT2D eigenvalue weighted by Gasteiger charge is 2.10. The van der Waals surface area contributed by atoms with Crippen molar-refractivity contribution in [3.8, 4) is 0 Å². The molecule has 0 aliphatic rings. The predicted molar refractivity (Wildman–Crippen MR) is 60.8 cm³/mol. The third-order valence-corrected chi connectivity index (χ3v) is 2.12. The molecule has 0 aliphatic heterocycles. The Morgan fingerprint density at radius 1 is 1.47 bits per heavy atom. The smallest absolute Gasteiger partial charge is 0.225 e. The molecule has 15 heavy (non-hydrogen) atoms. The summed E-state index contributed by atoms with van der Waals surface area (Å²) in [6.45, 7) is 6.38. The van der Waals surface area contributed by atoms with Gasteiger partial charge in [0.05, 0.1) is 0 Å². The van der Waals surface area contributed by atoms with Crippen molar-refractivity contribution in [2.75, 3.05) is 18.2 Å². The van der Waals surface area contributed by atoms with Gasteiger partial charge in [0.25, 0.3) is 0 Å². The van der Waals surface area contributed by atoms with Crippen LogP contribution in [-0.4, -0.2) is 19.2 Å². The van der Waals surface area contributed by atoms with Gasteiger partial charge in [0, 0.05) is 19.2 Å². The first-order chi connectivity index (χ1) is 7.15. The predicted octanol–water partition coefficient (Wildman–Crippen LogP) is 2.34. The molecule has 0 atom stereocenters. The molecular weight excluding hydrogens is 190 g/mol. The minimum Gasteiger partial charge on any atom is -0.361 e. The summed E-state index contributed by atoms with van der Waals surface area (Å²) in [7, 11) is 0. The second-order valence-corrected chi connectivity index (χ2v) is 3.41. The van der Waals surface area contributed by atoms with Crippen LogP contribution in [-0.2, 0) is 9.53 Å². The van der Waals surface area contributed by atoms with Crippen LogP contribution in [0.15, 0.2) is 24.3 Å². The SMILES string of the molecule is CCOCN(C(C)=O)c1cccc(C)c1. The molecule has 0 saturated carbocycles. The van der Waals surface area contributed by atoms with Crippen molar-refractivity contribution in [1.29, 1.82) is 0 Å². The number of carbonyl (C=O) groups excluding carboxylic acids is 1. The monoisotopic (exact) mass is 207 g/mol. The molecule has 3 nitrogen and oxygen atoms in total. The van der Waals surface area contributed by atoms with Gasteiger partial charge in [0.2, 0.25) is 5.91 Å². The number of hydrogen-bond acceptors (Lipinski definition) is 2. The molecule has 0 aliphatic carbocycles. The van der Waals surface area contributed by atoms with Crippen LogP contribution >= 0.6 is 0 Å². The fourth-order valence-electron chi connectivity index (χ4n) is 1.33. The van der Waals surface area contributed by atoms with Gasteiger partial charge in [-0.15, -0.1) is 0 Å². The van der Waals surface area contributed by atoms with Gasteiger partial charge in [-0.25, -0.2) is 0 Å². The van der Waals surface area contributed by atoms with Crippen molar-refractivity contribution < 1.29 is 9.53 Å². The molecule has 3 heteroatoms. The zero-order valence-corrected chi connectivity index (χ0v) is 9.49. The number of rotatable bonds is 4. The number of nitrogens with zero attached hydrogens (tertiary/aromatic N) is 1. The summed E-state index contributed by atoms with van der Waals surface area (Å²) in [6.07, 6.45) is 0. The van der Waals surface area contributed by atoms with Crippen molar-refractivity contribution in [2.24, 2.45) is 0 Å². The molecule has 1 aromatic carbocycles. The Labute approximate surface area is 90.7 Å². The number of ether oxygens (including phenoxy) is 1. The number of carbonyl (C=O) groups is 1. The highest BCUT2D eigenvalue weighted by atomic mass is 16.5. The number of hydrogen-bond donors (Lipinski definition) is 0. The topological polar surface area (TPSA) is 29.5 Å². The summed E-state index contributed by atoms with van der Waals surface area (Å²) in [5.74, 6) is -0.00551. The Morgan fingerprint density at radius 3 is 2.73 bits per heavy atom. The van der Waals surface area contributed by atoms with Crippen LogP contribution in [0.4, 0.5) is 5.69 Å². The first kappa shape index (κ1) is 11.7. The second-order valence-electron chi connectivity index (χ2n) is 3.41. The maximum absolute atomic E-state index is 11.4. The van der Waals surface area contributed by atoms with E-state index in [9.17, 15) is 4.79 Å². The van der Waals surface area contributed by atoms with Gasteiger partial charge in [0.15, 0.2) is 0 Å². The van der Waals surface area contributed by atoms with Crippen LogP contribution in [0, 0.1) is 6.92 Å². The average Bonchev–Trinajstić information content (AvgIpc) is 2.18. The molecule has 0 fully saturated rings. The lowest BCUT2D eigenvalue weighted by Crippen LogP contribution is -2.30. The fourth-order valence-corrected chi connectivity index (χ4v) is 1.33. The Kier molecular flexibility index (Phi) is 4.31. The summed E-state index contributed by atoms with van der Waals surface area (Å²) in [5, 5.41) is 0. The highest BCUT2D eigenvalue weighted by molar-refractivity contribution is 5.91. The number of anilines is 1. The Balaban J connectivity index is 2.84. The van der Waals surface area contributed by atoms with Crippen LogP contribution in [0.25, 0.3) is 0 Å². The molecule has 0 heterocycles. The molecule has 82 valence electrons. The van der Waals surface area contributed by atoms with E-state index in [1.807, 2.05) is 38.1 Å². The van der Waals surface area contributed by atoms with Crippen LogP contribution in [0.3, 0.4) is 0 Å². The molecule has 0 N–H and O–H groups in total. The van der Waals surface area contributed by atoms with Crippen molar-refractivity contribution in [1.82, 2.24) is 0 Å². The number of aryl methyl sites for hydroxylation is 1. The largest absolute Gasteiger partial charge is 0.361 e. The molecule has 0 unspecified atom stereocenters. The number of benzene rings is 1. The van der Waals surface area contributed by atoms with Gasteiger partial charge in [-0.2, -0.15) is 0 Å². The third kappa shape index (κ3) is 3.36. The van der Waals surface area contributed by atoms with E-state index < -0.39 is 0 Å². The van der Waals surface area contributed by atoms with E-state index in [1.54, 1.807) is 11.8 Å². The summed E-state index contributed by atoms with van der Waals surface area (Å²) in [5.41, 5.74) is 2.02. The summed E-state index contributed by atoms with van der Waals surface area (Å²) in [4.78, 5) is 13.0. The van der Waals surface area contributed by atoms with Crippen LogP contribution in [0.1, 0.15) is 19.4 Å². The Morgan fingerprint density at radius 2 is 2.20 bits per heavy atom. The molecule has 0 bridgehead atoms. The van der Waals surface area contributed by atoms with E-state index in [-0.39, 0.29) is 5.91 Å². The maximum Gasteiger partial charge on any atom is 0.225 e. The van der Waals surface area contributed by atoms with Gasteiger partial charge < -0.3 is 4.74 Å². The maximum atomic E-state index is 11.4. The van der Waals surface area contributed by atoms with Crippen molar-refractivity contribution in [2.45, 2.75) is 20.8 Å². The van der Waals surface area contributed by atoms with Gasteiger partial charge >= 0.3 is 0 Å². The van der Waals surface area contributed by atoms with Crippen molar-refractivity contribution >= 4 is 11.6 Å². The average molecular weight is 207 g/mol. The highest BCUT2D eigenvalue weighted by Crippen LogP contribution is 2.15. The Bertz CT molecular complexity index is 336.